The molecular weight excluding hydrogens is 236 g/mol. The fourth-order valence-electron chi connectivity index (χ4n) is 2.35. The molecule has 0 amide bonds. The van der Waals surface area contributed by atoms with Gasteiger partial charge in [0.15, 0.2) is 0 Å². The van der Waals surface area contributed by atoms with Crippen LogP contribution in [-0.4, -0.2) is 24.0 Å². The van der Waals surface area contributed by atoms with E-state index in [4.69, 9.17) is 10.8 Å². The average Bonchev–Trinajstić information content (AvgIpc) is 3.30. The van der Waals surface area contributed by atoms with Gasteiger partial charge in [-0.05, 0) is 37.7 Å². The van der Waals surface area contributed by atoms with Crippen molar-refractivity contribution in [3.05, 3.63) is 23.7 Å². The summed E-state index contributed by atoms with van der Waals surface area (Å²) in [6, 6.07) is 2.90. The lowest BCUT2D eigenvalue weighted by Crippen LogP contribution is -2.25. The van der Waals surface area contributed by atoms with Gasteiger partial charge < -0.3 is 9.73 Å². The third-order valence-corrected chi connectivity index (χ3v) is 3.79. The Labute approximate surface area is 115 Å². The van der Waals surface area contributed by atoms with Crippen LogP contribution < -0.4 is 5.32 Å². The molecule has 1 N–H and O–H groups in total. The van der Waals surface area contributed by atoms with Crippen LogP contribution in [-0.2, 0) is 13.1 Å². The summed E-state index contributed by atoms with van der Waals surface area (Å²) in [5, 5.41) is 3.50. The fraction of sp³-hybridized carbons (Fsp3) is 0.625. The van der Waals surface area contributed by atoms with Crippen LogP contribution in [0.15, 0.2) is 16.7 Å². The highest BCUT2D eigenvalue weighted by Crippen LogP contribution is 2.30. The molecule has 0 unspecified atom stereocenters. The molecule has 1 aromatic heterocycles. The number of terminal acetylenes is 1. The first-order chi connectivity index (χ1) is 9.33. The van der Waals surface area contributed by atoms with Crippen molar-refractivity contribution < 1.29 is 4.42 Å². The lowest BCUT2D eigenvalue weighted by Gasteiger charge is -2.17. The van der Waals surface area contributed by atoms with E-state index in [9.17, 15) is 0 Å². The maximum absolute atomic E-state index is 5.65. The minimum atomic E-state index is 0.715. The Morgan fingerprint density at radius 1 is 1.37 bits per heavy atom. The van der Waals surface area contributed by atoms with Crippen molar-refractivity contribution in [2.75, 3.05) is 13.1 Å². The Kier molecular flexibility index (Phi) is 3.91. The second kappa shape index (κ2) is 5.81. The predicted molar refractivity (Wildman–Crippen MR) is 75.4 cm³/mol. The van der Waals surface area contributed by atoms with E-state index in [-0.39, 0.29) is 0 Å². The monoisotopic (exact) mass is 258 g/mol. The molecule has 1 heterocycles. The molecule has 0 radical (unpaired) electrons. The molecule has 3 rings (SSSR count). The summed E-state index contributed by atoms with van der Waals surface area (Å²) in [4.78, 5) is 2.31. The highest BCUT2D eigenvalue weighted by Gasteiger charge is 2.24. The largest absolute Gasteiger partial charge is 0.468 e. The minimum Gasteiger partial charge on any atom is -0.468 e. The third-order valence-electron chi connectivity index (χ3n) is 3.79. The molecule has 3 nitrogen and oxygen atoms in total. The minimum absolute atomic E-state index is 0.715. The second-order valence-corrected chi connectivity index (χ2v) is 5.89. The summed E-state index contributed by atoms with van der Waals surface area (Å²) in [6.45, 7) is 3.59. The lowest BCUT2D eigenvalue weighted by molar-refractivity contribution is 0.262. The third kappa shape index (κ3) is 4.12. The molecule has 2 fully saturated rings. The number of hydrogen-bond acceptors (Lipinski definition) is 3. The van der Waals surface area contributed by atoms with Gasteiger partial charge in [0.2, 0.25) is 0 Å². The van der Waals surface area contributed by atoms with Crippen LogP contribution in [0.4, 0.5) is 0 Å². The zero-order valence-electron chi connectivity index (χ0n) is 11.4. The van der Waals surface area contributed by atoms with E-state index in [0.717, 1.165) is 37.4 Å². The van der Waals surface area contributed by atoms with Crippen molar-refractivity contribution in [2.45, 2.75) is 44.8 Å². The van der Waals surface area contributed by atoms with Gasteiger partial charge in [-0.15, -0.1) is 6.42 Å². The zero-order chi connectivity index (χ0) is 13.1. The molecule has 0 aromatic carbocycles. The number of rotatable bonds is 8. The Hall–Kier alpha value is -1.24. The van der Waals surface area contributed by atoms with Crippen molar-refractivity contribution in [2.24, 2.45) is 5.92 Å². The maximum Gasteiger partial charge on any atom is 0.118 e. The SMILES string of the molecule is C#CCN(Cc1cc(CNC2CC2)co1)CC1CC1. The molecule has 2 aliphatic rings. The smallest absolute Gasteiger partial charge is 0.118 e. The van der Waals surface area contributed by atoms with Crippen LogP contribution in [0.3, 0.4) is 0 Å². The van der Waals surface area contributed by atoms with E-state index >= 15 is 0 Å². The van der Waals surface area contributed by atoms with E-state index in [2.05, 4.69) is 22.2 Å². The molecule has 19 heavy (non-hydrogen) atoms. The maximum atomic E-state index is 5.65. The molecule has 0 aliphatic heterocycles. The van der Waals surface area contributed by atoms with Crippen LogP contribution in [0.1, 0.15) is 37.0 Å². The van der Waals surface area contributed by atoms with E-state index in [1.54, 1.807) is 0 Å². The second-order valence-electron chi connectivity index (χ2n) is 5.89. The number of hydrogen-bond donors (Lipinski definition) is 1. The molecule has 0 atom stereocenters. The Balaban J connectivity index is 1.50. The fourth-order valence-corrected chi connectivity index (χ4v) is 2.35. The van der Waals surface area contributed by atoms with Gasteiger partial charge in [-0.2, -0.15) is 0 Å². The number of nitrogens with one attached hydrogen (secondary N) is 1. The van der Waals surface area contributed by atoms with Gasteiger partial charge in [-0.25, -0.2) is 0 Å². The number of furan rings is 1. The molecule has 0 spiro atoms. The van der Waals surface area contributed by atoms with Crippen molar-refractivity contribution in [3.8, 4) is 12.3 Å². The number of nitrogens with zero attached hydrogens (tertiary/aromatic N) is 1. The van der Waals surface area contributed by atoms with Crippen LogP contribution in [0.2, 0.25) is 0 Å². The molecule has 2 aliphatic carbocycles. The standard InChI is InChI=1S/C16H22N2O/c1-2-7-18(10-13-3-4-13)11-16-8-14(12-19-16)9-17-15-5-6-15/h1,8,12-13,15,17H,3-7,9-11H2. The van der Waals surface area contributed by atoms with Crippen LogP contribution in [0.5, 0.6) is 0 Å². The van der Waals surface area contributed by atoms with E-state index in [0.29, 0.717) is 6.54 Å². The Bertz CT molecular complexity index is 452. The van der Waals surface area contributed by atoms with Gasteiger partial charge in [-0.1, -0.05) is 5.92 Å². The van der Waals surface area contributed by atoms with E-state index in [1.165, 1.54) is 31.2 Å². The van der Waals surface area contributed by atoms with Gasteiger partial charge in [0.05, 0.1) is 19.4 Å². The molecule has 102 valence electrons. The molecule has 0 saturated heterocycles. The lowest BCUT2D eigenvalue weighted by atomic mass is 10.3. The van der Waals surface area contributed by atoms with Crippen molar-refractivity contribution in [3.63, 3.8) is 0 Å². The topological polar surface area (TPSA) is 28.4 Å². The summed E-state index contributed by atoms with van der Waals surface area (Å²) >= 11 is 0. The van der Waals surface area contributed by atoms with Gasteiger partial charge in [0.25, 0.3) is 0 Å². The van der Waals surface area contributed by atoms with Gasteiger partial charge in [0, 0.05) is 24.7 Å². The zero-order valence-corrected chi connectivity index (χ0v) is 11.4. The van der Waals surface area contributed by atoms with Crippen LogP contribution >= 0.6 is 0 Å². The molecule has 1 aromatic rings. The predicted octanol–water partition coefficient (Wildman–Crippen LogP) is 2.38. The van der Waals surface area contributed by atoms with Crippen LogP contribution in [0, 0.1) is 18.3 Å². The summed E-state index contributed by atoms with van der Waals surface area (Å²) in [5.74, 6) is 4.64. The first-order valence-corrected chi connectivity index (χ1v) is 7.29. The van der Waals surface area contributed by atoms with E-state index < -0.39 is 0 Å². The first-order valence-electron chi connectivity index (χ1n) is 7.29. The summed E-state index contributed by atoms with van der Waals surface area (Å²) in [6.07, 6.45) is 12.7. The Morgan fingerprint density at radius 2 is 2.21 bits per heavy atom. The summed E-state index contributed by atoms with van der Waals surface area (Å²) in [7, 11) is 0. The summed E-state index contributed by atoms with van der Waals surface area (Å²) < 4.78 is 5.65. The average molecular weight is 258 g/mol. The van der Waals surface area contributed by atoms with Gasteiger partial charge >= 0.3 is 0 Å². The molecule has 0 bridgehead atoms. The van der Waals surface area contributed by atoms with E-state index in [1.807, 2.05) is 6.26 Å². The first kappa shape index (κ1) is 12.8. The van der Waals surface area contributed by atoms with Crippen molar-refractivity contribution >= 4 is 0 Å². The van der Waals surface area contributed by atoms with Gasteiger partial charge in [-0.3, -0.25) is 4.90 Å². The molecule has 2 saturated carbocycles. The highest BCUT2D eigenvalue weighted by atomic mass is 16.3. The normalized spacial score (nSPS) is 18.7. The van der Waals surface area contributed by atoms with Crippen molar-refractivity contribution in [1.29, 1.82) is 0 Å². The van der Waals surface area contributed by atoms with Crippen LogP contribution in [0.25, 0.3) is 0 Å². The highest BCUT2D eigenvalue weighted by molar-refractivity contribution is 5.13. The molecular formula is C16H22N2O. The molecule has 3 heteroatoms. The summed E-state index contributed by atoms with van der Waals surface area (Å²) in [5.41, 5.74) is 1.24. The van der Waals surface area contributed by atoms with Crippen molar-refractivity contribution in [1.82, 2.24) is 10.2 Å². The quantitative estimate of drug-likeness (QED) is 0.726. The van der Waals surface area contributed by atoms with Gasteiger partial charge in [0.1, 0.15) is 5.76 Å². The Morgan fingerprint density at radius 3 is 2.89 bits per heavy atom.